The molecule has 2 rings (SSSR count). The lowest BCUT2D eigenvalue weighted by molar-refractivity contribution is -0.143. The Hall–Kier alpha value is -1.10. The van der Waals surface area contributed by atoms with Crippen LogP contribution in [0.25, 0.3) is 0 Å². The molecule has 0 radical (unpaired) electrons. The number of hydrogen-bond donors (Lipinski definition) is 1. The van der Waals surface area contributed by atoms with Gasteiger partial charge in [0.15, 0.2) is 0 Å². The van der Waals surface area contributed by atoms with Crippen molar-refractivity contribution < 1.29 is 14.7 Å². The number of carboxylic acids is 1. The second-order valence-electron chi connectivity index (χ2n) is 5.22. The predicted molar refractivity (Wildman–Crippen MR) is 67.2 cm³/mol. The first-order valence-corrected chi connectivity index (χ1v) is 6.84. The molecule has 0 aliphatic carbocycles. The number of fused-ring (bicyclic) bond motifs is 2. The summed E-state index contributed by atoms with van der Waals surface area (Å²) in [7, 11) is 0. The maximum Gasteiger partial charge on any atom is 0.308 e. The van der Waals surface area contributed by atoms with E-state index in [0.717, 1.165) is 25.9 Å². The van der Waals surface area contributed by atoms with E-state index >= 15 is 0 Å². The van der Waals surface area contributed by atoms with Crippen molar-refractivity contribution in [3.63, 3.8) is 0 Å². The highest BCUT2D eigenvalue weighted by Crippen LogP contribution is 2.41. The van der Waals surface area contributed by atoms with Gasteiger partial charge in [-0.3, -0.25) is 14.5 Å². The predicted octanol–water partition coefficient (Wildman–Crippen LogP) is 0.792. The number of rotatable bonds is 5. The Kier molecular flexibility index (Phi) is 3.90. The number of likely N-dealkylation sites (N-methyl/N-ethyl adjacent to an activating group) is 1. The maximum absolute atomic E-state index is 12.1. The van der Waals surface area contributed by atoms with Crippen LogP contribution in [0, 0.1) is 5.92 Å². The van der Waals surface area contributed by atoms with Crippen molar-refractivity contribution in [3.8, 4) is 0 Å². The molecule has 1 amide bonds. The smallest absolute Gasteiger partial charge is 0.308 e. The zero-order valence-corrected chi connectivity index (χ0v) is 11.1. The van der Waals surface area contributed by atoms with Crippen molar-refractivity contribution >= 4 is 11.9 Å². The Morgan fingerprint density at radius 1 is 1.28 bits per heavy atom. The largest absolute Gasteiger partial charge is 0.481 e. The topological polar surface area (TPSA) is 60.9 Å². The Balaban J connectivity index is 1.99. The van der Waals surface area contributed by atoms with E-state index in [4.69, 9.17) is 5.11 Å². The van der Waals surface area contributed by atoms with Crippen LogP contribution in [0.2, 0.25) is 0 Å². The molecule has 3 atom stereocenters. The molecule has 1 N–H and O–H groups in total. The third kappa shape index (κ3) is 2.23. The van der Waals surface area contributed by atoms with Gasteiger partial charge in [0.1, 0.15) is 0 Å². The summed E-state index contributed by atoms with van der Waals surface area (Å²) >= 11 is 0. The molecule has 3 unspecified atom stereocenters. The normalized spacial score (nSPS) is 30.7. The van der Waals surface area contributed by atoms with E-state index < -0.39 is 5.97 Å². The Morgan fingerprint density at radius 2 is 1.94 bits per heavy atom. The molecule has 0 aromatic heterocycles. The third-order valence-corrected chi connectivity index (χ3v) is 4.43. The molecular weight excluding hydrogens is 232 g/mol. The monoisotopic (exact) mass is 254 g/mol. The summed E-state index contributed by atoms with van der Waals surface area (Å²) in [4.78, 5) is 27.2. The van der Waals surface area contributed by atoms with Gasteiger partial charge in [-0.1, -0.05) is 0 Å². The SMILES string of the molecule is CCN(CC)C(=O)CN1C2CCC1C(C(=O)O)C2. The fourth-order valence-corrected chi connectivity index (χ4v) is 3.45. The van der Waals surface area contributed by atoms with E-state index in [9.17, 15) is 9.59 Å². The zero-order valence-electron chi connectivity index (χ0n) is 11.1. The molecule has 0 aromatic carbocycles. The van der Waals surface area contributed by atoms with Crippen LogP contribution < -0.4 is 0 Å². The van der Waals surface area contributed by atoms with Crippen LogP contribution in [-0.4, -0.2) is 58.5 Å². The molecule has 0 aromatic rings. The van der Waals surface area contributed by atoms with Crippen molar-refractivity contribution in [2.45, 2.75) is 45.2 Å². The van der Waals surface area contributed by atoms with E-state index in [0.29, 0.717) is 19.0 Å². The van der Waals surface area contributed by atoms with Gasteiger partial charge in [0.05, 0.1) is 12.5 Å². The third-order valence-electron chi connectivity index (χ3n) is 4.43. The van der Waals surface area contributed by atoms with Crippen LogP contribution in [0.5, 0.6) is 0 Å². The van der Waals surface area contributed by atoms with Crippen LogP contribution >= 0.6 is 0 Å². The Bertz CT molecular complexity index is 341. The van der Waals surface area contributed by atoms with Crippen LogP contribution in [-0.2, 0) is 9.59 Å². The van der Waals surface area contributed by atoms with Gasteiger partial charge in [-0.15, -0.1) is 0 Å². The Labute approximate surface area is 108 Å². The van der Waals surface area contributed by atoms with E-state index in [1.165, 1.54) is 0 Å². The molecular formula is C13H22N2O3. The molecule has 0 saturated carbocycles. The number of hydrogen-bond acceptors (Lipinski definition) is 3. The van der Waals surface area contributed by atoms with Crippen LogP contribution in [0.1, 0.15) is 33.1 Å². The van der Waals surface area contributed by atoms with Gasteiger partial charge < -0.3 is 10.0 Å². The maximum atomic E-state index is 12.1. The Morgan fingerprint density at radius 3 is 2.44 bits per heavy atom. The number of carbonyl (C=O) groups is 2. The minimum absolute atomic E-state index is 0.0759. The highest BCUT2D eigenvalue weighted by molar-refractivity contribution is 5.79. The van der Waals surface area contributed by atoms with Crippen molar-refractivity contribution in [2.24, 2.45) is 5.92 Å². The minimum Gasteiger partial charge on any atom is -0.481 e. The van der Waals surface area contributed by atoms with Crippen LogP contribution in [0.15, 0.2) is 0 Å². The highest BCUT2D eigenvalue weighted by Gasteiger charge is 2.49. The lowest BCUT2D eigenvalue weighted by Gasteiger charge is -2.26. The summed E-state index contributed by atoms with van der Waals surface area (Å²) in [6, 6.07) is 0.377. The fraction of sp³-hybridized carbons (Fsp3) is 0.846. The number of aliphatic carboxylic acids is 1. The lowest BCUT2D eigenvalue weighted by atomic mass is 9.89. The molecule has 2 saturated heterocycles. The minimum atomic E-state index is -0.706. The van der Waals surface area contributed by atoms with Gasteiger partial charge in [-0.05, 0) is 33.1 Å². The van der Waals surface area contributed by atoms with Gasteiger partial charge in [-0.25, -0.2) is 0 Å². The average molecular weight is 254 g/mol. The summed E-state index contributed by atoms with van der Waals surface area (Å²) in [6.07, 6.45) is 2.68. The second-order valence-corrected chi connectivity index (χ2v) is 5.22. The quantitative estimate of drug-likeness (QED) is 0.788. The molecule has 2 aliphatic rings. The molecule has 2 aliphatic heterocycles. The molecule has 2 bridgehead atoms. The van der Waals surface area contributed by atoms with Gasteiger partial charge in [0.25, 0.3) is 0 Å². The zero-order chi connectivity index (χ0) is 13.3. The van der Waals surface area contributed by atoms with Gasteiger partial charge >= 0.3 is 5.97 Å². The molecule has 2 heterocycles. The van der Waals surface area contributed by atoms with Crippen molar-refractivity contribution in [1.29, 1.82) is 0 Å². The molecule has 18 heavy (non-hydrogen) atoms. The van der Waals surface area contributed by atoms with Crippen molar-refractivity contribution in [3.05, 3.63) is 0 Å². The summed E-state index contributed by atoms with van der Waals surface area (Å²) in [5.41, 5.74) is 0. The standard InChI is InChI=1S/C13H22N2O3/c1-3-14(4-2)12(16)8-15-9-5-6-11(15)10(7-9)13(17)18/h9-11H,3-8H2,1-2H3,(H,17,18). The summed E-state index contributed by atoms with van der Waals surface area (Å²) < 4.78 is 0. The van der Waals surface area contributed by atoms with Crippen LogP contribution in [0.4, 0.5) is 0 Å². The van der Waals surface area contributed by atoms with E-state index in [-0.39, 0.29) is 17.9 Å². The van der Waals surface area contributed by atoms with Crippen molar-refractivity contribution in [1.82, 2.24) is 9.80 Å². The van der Waals surface area contributed by atoms with Gasteiger partial charge in [-0.2, -0.15) is 0 Å². The van der Waals surface area contributed by atoms with Crippen molar-refractivity contribution in [2.75, 3.05) is 19.6 Å². The average Bonchev–Trinajstić information content (AvgIpc) is 2.88. The van der Waals surface area contributed by atoms with E-state index in [2.05, 4.69) is 4.90 Å². The first kappa shape index (κ1) is 13.3. The van der Waals surface area contributed by atoms with Gasteiger partial charge in [0.2, 0.25) is 5.91 Å². The summed E-state index contributed by atoms with van der Waals surface area (Å²) in [5.74, 6) is -0.848. The van der Waals surface area contributed by atoms with E-state index in [1.54, 1.807) is 0 Å². The first-order chi connectivity index (χ1) is 8.58. The molecule has 102 valence electrons. The molecule has 5 heteroatoms. The number of carboxylic acid groups (broad SMARTS) is 1. The molecule has 5 nitrogen and oxygen atoms in total. The first-order valence-electron chi connectivity index (χ1n) is 6.84. The van der Waals surface area contributed by atoms with Gasteiger partial charge in [0, 0.05) is 25.2 Å². The molecule has 0 spiro atoms. The molecule has 2 fully saturated rings. The summed E-state index contributed by atoms with van der Waals surface area (Å²) in [6.45, 7) is 5.78. The number of amides is 1. The van der Waals surface area contributed by atoms with Crippen LogP contribution in [0.3, 0.4) is 0 Å². The fourth-order valence-electron chi connectivity index (χ4n) is 3.45. The second kappa shape index (κ2) is 5.26. The number of carbonyl (C=O) groups excluding carboxylic acids is 1. The highest BCUT2D eigenvalue weighted by atomic mass is 16.4. The summed E-state index contributed by atoms with van der Waals surface area (Å²) in [5, 5.41) is 9.17. The van der Waals surface area contributed by atoms with E-state index in [1.807, 2.05) is 18.7 Å². The lowest BCUT2D eigenvalue weighted by Crippen LogP contribution is -2.43. The number of nitrogens with zero attached hydrogens (tertiary/aromatic N) is 2.